The highest BCUT2D eigenvalue weighted by molar-refractivity contribution is 5.84. The summed E-state index contributed by atoms with van der Waals surface area (Å²) in [5, 5.41) is 2.95. The van der Waals surface area contributed by atoms with Gasteiger partial charge in [-0.3, -0.25) is 4.79 Å². The maximum absolute atomic E-state index is 13.1. The normalized spacial score (nSPS) is 12.1. The Balaban J connectivity index is 2.86. The van der Waals surface area contributed by atoms with Crippen molar-refractivity contribution < 1.29 is 9.59 Å². The standard InChI is InChI=1S/C21H38N4O2/c1-7-9-12-22-21(27)25(18(5)8-2)16-20(26)24(14-17(3)4)15-19-11-10-13-23(19)6/h10-11,13,17-18H,7-9,12,14-16H2,1-6H3,(H,22,27)/t18-/m1/s1. The topological polar surface area (TPSA) is 57.6 Å². The van der Waals surface area contributed by atoms with Crippen LogP contribution in [0.3, 0.4) is 0 Å². The first-order valence-corrected chi connectivity index (χ1v) is 10.2. The fraction of sp³-hybridized carbons (Fsp3) is 0.714. The molecule has 6 heteroatoms. The predicted octanol–water partition coefficient (Wildman–Crippen LogP) is 3.62. The van der Waals surface area contributed by atoms with Crippen molar-refractivity contribution in [3.63, 3.8) is 0 Å². The summed E-state index contributed by atoms with van der Waals surface area (Å²) < 4.78 is 2.03. The van der Waals surface area contributed by atoms with Crippen molar-refractivity contribution in [1.82, 2.24) is 19.7 Å². The van der Waals surface area contributed by atoms with Gasteiger partial charge in [0, 0.05) is 38.1 Å². The Labute approximate surface area is 164 Å². The molecule has 0 spiro atoms. The van der Waals surface area contributed by atoms with E-state index in [1.54, 1.807) is 4.90 Å². The van der Waals surface area contributed by atoms with E-state index in [1.807, 2.05) is 48.7 Å². The van der Waals surface area contributed by atoms with E-state index in [9.17, 15) is 9.59 Å². The lowest BCUT2D eigenvalue weighted by Gasteiger charge is -2.32. The third-order valence-electron chi connectivity index (χ3n) is 4.84. The number of hydrogen-bond donors (Lipinski definition) is 1. The number of urea groups is 1. The number of unbranched alkanes of at least 4 members (excludes halogenated alkanes) is 1. The zero-order valence-electron chi connectivity index (χ0n) is 18.0. The predicted molar refractivity (Wildman–Crippen MR) is 110 cm³/mol. The Morgan fingerprint density at radius 1 is 1.22 bits per heavy atom. The molecule has 1 rings (SSSR count). The monoisotopic (exact) mass is 378 g/mol. The largest absolute Gasteiger partial charge is 0.353 e. The molecule has 1 heterocycles. The molecule has 0 fully saturated rings. The highest BCUT2D eigenvalue weighted by Gasteiger charge is 2.25. The summed E-state index contributed by atoms with van der Waals surface area (Å²) in [6, 6.07) is 3.89. The van der Waals surface area contributed by atoms with Crippen LogP contribution in [-0.2, 0) is 18.4 Å². The summed E-state index contributed by atoms with van der Waals surface area (Å²) in [7, 11) is 1.99. The molecule has 0 saturated carbocycles. The summed E-state index contributed by atoms with van der Waals surface area (Å²) in [4.78, 5) is 29.2. The number of nitrogens with zero attached hydrogens (tertiary/aromatic N) is 3. The van der Waals surface area contributed by atoms with E-state index in [1.165, 1.54) is 0 Å². The Kier molecular flexibility index (Phi) is 9.97. The molecular formula is C21H38N4O2. The number of aromatic nitrogens is 1. The van der Waals surface area contributed by atoms with Crippen molar-refractivity contribution in [1.29, 1.82) is 0 Å². The number of hydrogen-bond acceptors (Lipinski definition) is 2. The van der Waals surface area contributed by atoms with E-state index in [-0.39, 0.29) is 24.5 Å². The molecule has 6 nitrogen and oxygen atoms in total. The molecule has 3 amide bonds. The van der Waals surface area contributed by atoms with Crippen LogP contribution in [0.15, 0.2) is 18.3 Å². The highest BCUT2D eigenvalue weighted by atomic mass is 16.2. The highest BCUT2D eigenvalue weighted by Crippen LogP contribution is 2.11. The fourth-order valence-corrected chi connectivity index (χ4v) is 2.92. The third-order valence-corrected chi connectivity index (χ3v) is 4.84. The molecule has 0 aliphatic heterocycles. The number of carbonyl (C=O) groups is 2. The summed E-state index contributed by atoms with van der Waals surface area (Å²) in [6.45, 7) is 12.3. The molecule has 0 unspecified atom stereocenters. The first-order valence-electron chi connectivity index (χ1n) is 10.2. The van der Waals surface area contributed by atoms with Crippen LogP contribution < -0.4 is 5.32 Å². The van der Waals surface area contributed by atoms with Crippen LogP contribution in [-0.4, -0.2) is 52.0 Å². The molecule has 27 heavy (non-hydrogen) atoms. The van der Waals surface area contributed by atoms with Crippen molar-refractivity contribution >= 4 is 11.9 Å². The molecule has 0 saturated heterocycles. The van der Waals surface area contributed by atoms with Crippen LogP contribution in [0.1, 0.15) is 59.6 Å². The number of carbonyl (C=O) groups excluding carboxylic acids is 2. The van der Waals surface area contributed by atoms with Crippen molar-refractivity contribution in [2.24, 2.45) is 13.0 Å². The molecule has 1 atom stereocenters. The van der Waals surface area contributed by atoms with Crippen LogP contribution in [0, 0.1) is 5.92 Å². The Hall–Kier alpha value is -1.98. The van der Waals surface area contributed by atoms with E-state index < -0.39 is 0 Å². The van der Waals surface area contributed by atoms with Gasteiger partial charge in [-0.1, -0.05) is 34.1 Å². The van der Waals surface area contributed by atoms with Crippen molar-refractivity contribution in [2.45, 2.75) is 66.5 Å². The molecule has 0 radical (unpaired) electrons. The molecule has 0 aliphatic rings. The molecule has 1 N–H and O–H groups in total. The summed E-state index contributed by atoms with van der Waals surface area (Å²) in [6.07, 6.45) is 4.78. The maximum Gasteiger partial charge on any atom is 0.318 e. The van der Waals surface area contributed by atoms with Gasteiger partial charge in [0.25, 0.3) is 0 Å². The molecule has 0 aromatic carbocycles. The first kappa shape index (κ1) is 23.1. The Bertz CT molecular complexity index is 582. The van der Waals surface area contributed by atoms with Crippen molar-refractivity contribution in [3.05, 3.63) is 24.0 Å². The van der Waals surface area contributed by atoms with E-state index in [0.29, 0.717) is 25.6 Å². The minimum atomic E-state index is -0.144. The Morgan fingerprint density at radius 3 is 2.44 bits per heavy atom. The number of nitrogens with one attached hydrogen (secondary N) is 1. The average Bonchev–Trinajstić information content (AvgIpc) is 3.02. The van der Waals surface area contributed by atoms with E-state index >= 15 is 0 Å². The zero-order chi connectivity index (χ0) is 20.4. The van der Waals surface area contributed by atoms with Gasteiger partial charge < -0.3 is 19.7 Å². The van der Waals surface area contributed by atoms with Gasteiger partial charge in [0.05, 0.1) is 6.54 Å². The van der Waals surface area contributed by atoms with Gasteiger partial charge in [0.2, 0.25) is 5.91 Å². The maximum atomic E-state index is 13.1. The molecule has 1 aromatic heterocycles. The van der Waals surface area contributed by atoms with E-state index in [0.717, 1.165) is 25.0 Å². The minimum Gasteiger partial charge on any atom is -0.353 e. The van der Waals surface area contributed by atoms with Gasteiger partial charge in [-0.2, -0.15) is 0 Å². The van der Waals surface area contributed by atoms with Crippen molar-refractivity contribution in [3.8, 4) is 0 Å². The van der Waals surface area contributed by atoms with Gasteiger partial charge in [0.1, 0.15) is 6.54 Å². The molecule has 0 bridgehead atoms. The number of aryl methyl sites for hydroxylation is 1. The quantitative estimate of drug-likeness (QED) is 0.598. The first-order chi connectivity index (χ1) is 12.8. The second kappa shape index (κ2) is 11.7. The smallest absolute Gasteiger partial charge is 0.318 e. The second-order valence-electron chi connectivity index (χ2n) is 7.75. The molecule has 1 aromatic rings. The average molecular weight is 379 g/mol. The molecular weight excluding hydrogens is 340 g/mol. The zero-order valence-corrected chi connectivity index (χ0v) is 18.0. The number of rotatable bonds is 11. The van der Waals surface area contributed by atoms with Gasteiger partial charge in [-0.15, -0.1) is 0 Å². The van der Waals surface area contributed by atoms with E-state index in [4.69, 9.17) is 0 Å². The van der Waals surface area contributed by atoms with E-state index in [2.05, 4.69) is 26.1 Å². The van der Waals surface area contributed by atoms with Crippen LogP contribution in [0.25, 0.3) is 0 Å². The lowest BCUT2D eigenvalue weighted by molar-refractivity contribution is -0.133. The van der Waals surface area contributed by atoms with Gasteiger partial charge >= 0.3 is 6.03 Å². The minimum absolute atomic E-state index is 0.00385. The molecule has 0 aliphatic carbocycles. The van der Waals surface area contributed by atoms with Gasteiger partial charge in [-0.25, -0.2) is 4.79 Å². The fourth-order valence-electron chi connectivity index (χ4n) is 2.92. The summed E-state index contributed by atoms with van der Waals surface area (Å²) >= 11 is 0. The SMILES string of the molecule is CCCCNC(=O)N(CC(=O)N(Cc1cccn1C)CC(C)C)[C@H](C)CC. The van der Waals surface area contributed by atoms with Gasteiger partial charge in [-0.05, 0) is 37.8 Å². The third kappa shape index (κ3) is 7.65. The van der Waals surface area contributed by atoms with Crippen LogP contribution in [0.2, 0.25) is 0 Å². The van der Waals surface area contributed by atoms with Crippen LogP contribution in [0.4, 0.5) is 4.79 Å². The van der Waals surface area contributed by atoms with Crippen LogP contribution >= 0.6 is 0 Å². The van der Waals surface area contributed by atoms with Crippen molar-refractivity contribution in [2.75, 3.05) is 19.6 Å². The lowest BCUT2D eigenvalue weighted by Crippen LogP contribution is -2.50. The Morgan fingerprint density at radius 2 is 1.93 bits per heavy atom. The van der Waals surface area contributed by atoms with Gasteiger partial charge in [0.15, 0.2) is 0 Å². The second-order valence-corrected chi connectivity index (χ2v) is 7.75. The molecule has 154 valence electrons. The number of amides is 3. The summed E-state index contributed by atoms with van der Waals surface area (Å²) in [5.74, 6) is 0.362. The van der Waals surface area contributed by atoms with Crippen LogP contribution in [0.5, 0.6) is 0 Å². The lowest BCUT2D eigenvalue weighted by atomic mass is 10.2. The summed E-state index contributed by atoms with van der Waals surface area (Å²) in [5.41, 5.74) is 1.09.